The van der Waals surface area contributed by atoms with Crippen molar-refractivity contribution in [2.75, 3.05) is 6.61 Å². The molecule has 0 aromatic carbocycles. The van der Waals surface area contributed by atoms with Gasteiger partial charge >= 0.3 is 0 Å². The normalized spacial score (nSPS) is 26.3. The lowest BCUT2D eigenvalue weighted by molar-refractivity contribution is 0.103. The van der Waals surface area contributed by atoms with Crippen LogP contribution in [0.3, 0.4) is 0 Å². The number of ether oxygens (including phenoxy) is 1. The summed E-state index contributed by atoms with van der Waals surface area (Å²) >= 11 is 0. The second-order valence-electron chi connectivity index (χ2n) is 5.60. The summed E-state index contributed by atoms with van der Waals surface area (Å²) in [6, 6.07) is 0.102. The predicted molar refractivity (Wildman–Crippen MR) is 63.2 cm³/mol. The first-order valence-corrected chi connectivity index (χ1v) is 5.81. The molecule has 0 saturated carbocycles. The molecule has 2 rings (SSSR count). The maximum atomic E-state index is 6.07. The number of nitrogens with zero attached hydrogens (tertiary/aromatic N) is 2. The minimum Gasteiger partial charge on any atom is -0.372 e. The number of nitrogens with two attached hydrogens (primary N) is 1. The van der Waals surface area contributed by atoms with Gasteiger partial charge in [0.2, 0.25) is 0 Å². The molecule has 1 aromatic rings. The van der Waals surface area contributed by atoms with Crippen LogP contribution in [-0.2, 0) is 17.2 Å². The molecule has 90 valence electrons. The molecule has 0 spiro atoms. The molecule has 2 atom stereocenters. The Bertz CT molecular complexity index is 378. The van der Waals surface area contributed by atoms with Crippen LogP contribution in [0.25, 0.3) is 0 Å². The Balaban J connectivity index is 2.40. The van der Waals surface area contributed by atoms with Crippen molar-refractivity contribution in [3.8, 4) is 0 Å². The first kappa shape index (κ1) is 11.6. The third kappa shape index (κ3) is 1.99. The molecule has 1 aliphatic heterocycles. The highest BCUT2D eigenvalue weighted by Crippen LogP contribution is 2.34. The Morgan fingerprint density at radius 1 is 1.50 bits per heavy atom. The van der Waals surface area contributed by atoms with Gasteiger partial charge in [-0.05, 0) is 6.42 Å². The van der Waals surface area contributed by atoms with Crippen LogP contribution in [0.4, 0.5) is 0 Å². The Morgan fingerprint density at radius 3 is 2.69 bits per heavy atom. The molecule has 0 aliphatic carbocycles. The smallest absolute Gasteiger partial charge is 0.101 e. The van der Waals surface area contributed by atoms with Gasteiger partial charge in [-0.2, -0.15) is 5.10 Å². The van der Waals surface area contributed by atoms with E-state index in [9.17, 15) is 0 Å². The maximum absolute atomic E-state index is 6.07. The molecule has 1 aromatic heterocycles. The third-order valence-corrected chi connectivity index (χ3v) is 3.01. The third-order valence-electron chi connectivity index (χ3n) is 3.01. The summed E-state index contributed by atoms with van der Waals surface area (Å²) in [4.78, 5) is 0. The highest BCUT2D eigenvalue weighted by atomic mass is 16.5. The molecule has 0 bridgehead atoms. The fourth-order valence-corrected chi connectivity index (χ4v) is 2.22. The standard InChI is InChI=1S/C12H21N3O/c1-12(2,3)11-8(7-15(4)14-11)10-9(13)5-6-16-10/h7,9-10H,5-6,13H2,1-4H3. The molecule has 2 heterocycles. The Hall–Kier alpha value is -0.870. The molecule has 4 nitrogen and oxygen atoms in total. The van der Waals surface area contributed by atoms with Crippen molar-refractivity contribution in [3.63, 3.8) is 0 Å². The van der Waals surface area contributed by atoms with Crippen LogP contribution < -0.4 is 5.73 Å². The summed E-state index contributed by atoms with van der Waals surface area (Å²) in [6.07, 6.45) is 2.99. The molecule has 4 heteroatoms. The highest BCUT2D eigenvalue weighted by molar-refractivity contribution is 5.28. The Morgan fingerprint density at radius 2 is 2.19 bits per heavy atom. The van der Waals surface area contributed by atoms with Gasteiger partial charge < -0.3 is 10.5 Å². The van der Waals surface area contributed by atoms with Gasteiger partial charge in [0.15, 0.2) is 0 Å². The van der Waals surface area contributed by atoms with Gasteiger partial charge in [0.05, 0.1) is 5.69 Å². The molecule has 2 N–H and O–H groups in total. The summed E-state index contributed by atoms with van der Waals surface area (Å²) in [5, 5.41) is 4.54. The van der Waals surface area contributed by atoms with Gasteiger partial charge in [-0.1, -0.05) is 20.8 Å². The van der Waals surface area contributed by atoms with Crippen LogP contribution >= 0.6 is 0 Å². The van der Waals surface area contributed by atoms with E-state index >= 15 is 0 Å². The minimum absolute atomic E-state index is 0.0166. The summed E-state index contributed by atoms with van der Waals surface area (Å²) in [5.74, 6) is 0. The minimum atomic E-state index is 0.0166. The number of hydrogen-bond donors (Lipinski definition) is 1. The Labute approximate surface area is 96.8 Å². The van der Waals surface area contributed by atoms with Crippen molar-refractivity contribution in [1.29, 1.82) is 0 Å². The lowest BCUT2D eigenvalue weighted by Crippen LogP contribution is -2.26. The van der Waals surface area contributed by atoms with E-state index in [1.807, 2.05) is 17.9 Å². The number of rotatable bonds is 1. The van der Waals surface area contributed by atoms with Crippen LogP contribution in [0.2, 0.25) is 0 Å². The second-order valence-corrected chi connectivity index (χ2v) is 5.60. The largest absolute Gasteiger partial charge is 0.372 e. The quantitative estimate of drug-likeness (QED) is 0.785. The fraction of sp³-hybridized carbons (Fsp3) is 0.750. The van der Waals surface area contributed by atoms with E-state index in [1.54, 1.807) is 0 Å². The number of aryl methyl sites for hydroxylation is 1. The zero-order valence-corrected chi connectivity index (χ0v) is 10.5. The van der Waals surface area contributed by atoms with Crippen molar-refractivity contribution in [2.24, 2.45) is 12.8 Å². The van der Waals surface area contributed by atoms with Gasteiger partial charge in [-0.25, -0.2) is 0 Å². The second kappa shape index (κ2) is 3.86. The van der Waals surface area contributed by atoms with E-state index in [0.29, 0.717) is 0 Å². The van der Waals surface area contributed by atoms with Gasteiger partial charge in [0.1, 0.15) is 6.10 Å². The molecule has 1 fully saturated rings. The van der Waals surface area contributed by atoms with Crippen LogP contribution in [-0.4, -0.2) is 22.4 Å². The van der Waals surface area contributed by atoms with Crippen LogP contribution in [0.5, 0.6) is 0 Å². The first-order valence-electron chi connectivity index (χ1n) is 5.81. The Kier molecular flexibility index (Phi) is 2.80. The highest BCUT2D eigenvalue weighted by Gasteiger charge is 2.33. The predicted octanol–water partition coefficient (Wildman–Crippen LogP) is 1.51. The van der Waals surface area contributed by atoms with Crippen molar-refractivity contribution in [2.45, 2.75) is 44.8 Å². The SMILES string of the molecule is Cn1cc(C2OCCC2N)c(C(C)(C)C)n1. The van der Waals surface area contributed by atoms with E-state index in [1.165, 1.54) is 0 Å². The van der Waals surface area contributed by atoms with E-state index in [-0.39, 0.29) is 17.6 Å². The zero-order valence-electron chi connectivity index (χ0n) is 10.5. The first-order chi connectivity index (χ1) is 7.39. The van der Waals surface area contributed by atoms with Gasteiger partial charge in [-0.15, -0.1) is 0 Å². The van der Waals surface area contributed by atoms with Gasteiger partial charge in [0.25, 0.3) is 0 Å². The zero-order chi connectivity index (χ0) is 11.9. The number of hydrogen-bond acceptors (Lipinski definition) is 3. The molecule has 16 heavy (non-hydrogen) atoms. The summed E-state index contributed by atoms with van der Waals surface area (Å²) in [6.45, 7) is 7.25. The molecular weight excluding hydrogens is 202 g/mol. The molecule has 0 amide bonds. The van der Waals surface area contributed by atoms with Gasteiger partial charge in [0, 0.05) is 36.9 Å². The average molecular weight is 223 g/mol. The molecule has 2 unspecified atom stereocenters. The summed E-state index contributed by atoms with van der Waals surface area (Å²) < 4.78 is 7.57. The average Bonchev–Trinajstić information content (AvgIpc) is 2.70. The lowest BCUT2D eigenvalue weighted by Gasteiger charge is -2.21. The van der Waals surface area contributed by atoms with Crippen molar-refractivity contribution in [1.82, 2.24) is 9.78 Å². The molecule has 1 aliphatic rings. The van der Waals surface area contributed by atoms with E-state index < -0.39 is 0 Å². The van der Waals surface area contributed by atoms with Crippen molar-refractivity contribution in [3.05, 3.63) is 17.5 Å². The number of aromatic nitrogens is 2. The van der Waals surface area contributed by atoms with E-state index in [2.05, 4.69) is 25.9 Å². The summed E-state index contributed by atoms with van der Waals surface area (Å²) in [7, 11) is 1.94. The van der Waals surface area contributed by atoms with Crippen LogP contribution in [0.15, 0.2) is 6.20 Å². The monoisotopic (exact) mass is 223 g/mol. The van der Waals surface area contributed by atoms with Crippen LogP contribution in [0, 0.1) is 0 Å². The molecule has 1 saturated heterocycles. The maximum Gasteiger partial charge on any atom is 0.101 e. The van der Waals surface area contributed by atoms with Gasteiger partial charge in [-0.3, -0.25) is 4.68 Å². The lowest BCUT2D eigenvalue weighted by atomic mass is 9.87. The summed E-state index contributed by atoms with van der Waals surface area (Å²) in [5.41, 5.74) is 8.35. The van der Waals surface area contributed by atoms with Crippen LogP contribution in [0.1, 0.15) is 44.6 Å². The molecule has 0 radical (unpaired) electrons. The van der Waals surface area contributed by atoms with E-state index in [0.717, 1.165) is 24.3 Å². The van der Waals surface area contributed by atoms with Crippen molar-refractivity contribution >= 4 is 0 Å². The van der Waals surface area contributed by atoms with Crippen molar-refractivity contribution < 1.29 is 4.74 Å². The van der Waals surface area contributed by atoms with E-state index in [4.69, 9.17) is 10.5 Å². The molecular formula is C12H21N3O. The fourth-order valence-electron chi connectivity index (χ4n) is 2.22. The topological polar surface area (TPSA) is 53.1 Å².